The zero-order valence-corrected chi connectivity index (χ0v) is 18.7. The average molecular weight is 433 g/mol. The molecule has 0 saturated carbocycles. The Labute approximate surface area is 184 Å². The monoisotopic (exact) mass is 432 g/mol. The van der Waals surface area contributed by atoms with Gasteiger partial charge in [0.1, 0.15) is 0 Å². The van der Waals surface area contributed by atoms with Crippen molar-refractivity contribution in [3.63, 3.8) is 0 Å². The lowest BCUT2D eigenvalue weighted by Crippen LogP contribution is -2.57. The minimum Gasteiger partial charge on any atom is -0.340 e. The average Bonchev–Trinajstić information content (AvgIpc) is 2.79. The maximum absolute atomic E-state index is 13.2. The molecule has 2 amide bonds. The van der Waals surface area contributed by atoms with Crippen LogP contribution in [-0.2, 0) is 4.79 Å². The van der Waals surface area contributed by atoms with Gasteiger partial charge in [0.25, 0.3) is 5.91 Å². The first-order chi connectivity index (χ1) is 14.5. The van der Waals surface area contributed by atoms with E-state index in [2.05, 4.69) is 16.8 Å². The molecule has 164 valence electrons. The number of amides is 2. The Bertz CT molecular complexity index is 748. The molecule has 0 radical (unpaired) electrons. The number of benzene rings is 1. The Kier molecular flexibility index (Phi) is 6.96. The van der Waals surface area contributed by atoms with Crippen molar-refractivity contribution >= 4 is 23.4 Å². The molecule has 4 rings (SSSR count). The molecule has 1 aromatic rings. The molecule has 1 aromatic carbocycles. The first-order valence-electron chi connectivity index (χ1n) is 11.3. The van der Waals surface area contributed by atoms with Gasteiger partial charge in [-0.25, -0.2) is 0 Å². The fourth-order valence-corrected chi connectivity index (χ4v) is 5.27. The molecule has 6 nitrogen and oxygen atoms in total. The predicted octanol–water partition coefficient (Wildman–Crippen LogP) is 2.43. The van der Waals surface area contributed by atoms with E-state index in [9.17, 15) is 9.59 Å². The summed E-state index contributed by atoms with van der Waals surface area (Å²) < 4.78 is 0. The minimum atomic E-state index is -0.0811. The smallest absolute Gasteiger partial charge is 0.253 e. The highest BCUT2D eigenvalue weighted by molar-refractivity contribution is 6.30. The molecule has 0 aliphatic carbocycles. The topological polar surface area (TPSA) is 47.1 Å². The van der Waals surface area contributed by atoms with Crippen LogP contribution in [-0.4, -0.2) is 96.9 Å². The van der Waals surface area contributed by atoms with Gasteiger partial charge in [-0.15, -0.1) is 0 Å². The van der Waals surface area contributed by atoms with E-state index in [-0.39, 0.29) is 17.7 Å². The van der Waals surface area contributed by atoms with E-state index in [0.29, 0.717) is 29.7 Å². The highest BCUT2D eigenvalue weighted by Gasteiger charge is 2.34. The summed E-state index contributed by atoms with van der Waals surface area (Å²) in [4.78, 5) is 34.9. The fraction of sp³-hybridized carbons (Fsp3) is 0.652. The van der Waals surface area contributed by atoms with Crippen LogP contribution in [0.1, 0.15) is 36.0 Å². The summed E-state index contributed by atoms with van der Waals surface area (Å²) in [6.45, 7) is 7.11. The van der Waals surface area contributed by atoms with Crippen LogP contribution in [0.2, 0.25) is 5.02 Å². The van der Waals surface area contributed by atoms with Crippen LogP contribution in [0.3, 0.4) is 0 Å². The summed E-state index contributed by atoms with van der Waals surface area (Å²) >= 11 is 5.94. The lowest BCUT2D eigenvalue weighted by Gasteiger charge is -2.43. The summed E-state index contributed by atoms with van der Waals surface area (Å²) in [6.07, 6.45) is 4.28. The van der Waals surface area contributed by atoms with Gasteiger partial charge in [-0.2, -0.15) is 0 Å². The summed E-state index contributed by atoms with van der Waals surface area (Å²) in [7, 11) is 2.20. The Hall–Kier alpha value is -1.63. The third kappa shape index (κ3) is 4.98. The molecule has 0 spiro atoms. The first-order valence-corrected chi connectivity index (χ1v) is 11.7. The van der Waals surface area contributed by atoms with Crippen molar-refractivity contribution < 1.29 is 9.59 Å². The van der Waals surface area contributed by atoms with E-state index in [0.717, 1.165) is 45.6 Å². The van der Waals surface area contributed by atoms with Crippen LogP contribution in [0, 0.1) is 5.92 Å². The number of hydrogen-bond acceptors (Lipinski definition) is 4. The van der Waals surface area contributed by atoms with Gasteiger partial charge in [-0.05, 0) is 63.5 Å². The number of rotatable bonds is 3. The number of likely N-dealkylation sites (tertiary alicyclic amines) is 2. The molecular formula is C23H33ClN4O2. The van der Waals surface area contributed by atoms with Crippen molar-refractivity contribution in [1.29, 1.82) is 0 Å². The molecule has 2 atom stereocenters. The second kappa shape index (κ2) is 9.67. The molecule has 3 saturated heterocycles. The molecule has 0 N–H and O–H groups in total. The Morgan fingerprint density at radius 2 is 1.57 bits per heavy atom. The molecule has 3 aliphatic rings. The number of carbonyl (C=O) groups excluding carboxylic acids is 2. The minimum absolute atomic E-state index is 0.00426. The number of halogens is 1. The molecular weight excluding hydrogens is 400 g/mol. The summed E-state index contributed by atoms with van der Waals surface area (Å²) in [5.74, 6) is 0.141. The zero-order chi connectivity index (χ0) is 21.1. The van der Waals surface area contributed by atoms with Crippen molar-refractivity contribution in [3.05, 3.63) is 34.9 Å². The van der Waals surface area contributed by atoms with Gasteiger partial charge in [0.2, 0.25) is 5.91 Å². The molecule has 2 unspecified atom stereocenters. The summed E-state index contributed by atoms with van der Waals surface area (Å²) in [5, 5.41) is 0.622. The van der Waals surface area contributed by atoms with Crippen molar-refractivity contribution in [2.45, 2.75) is 31.7 Å². The van der Waals surface area contributed by atoms with Crippen molar-refractivity contribution in [1.82, 2.24) is 19.6 Å². The summed E-state index contributed by atoms with van der Waals surface area (Å²) in [6, 6.07) is 7.63. The van der Waals surface area contributed by atoms with E-state index < -0.39 is 0 Å². The van der Waals surface area contributed by atoms with Crippen LogP contribution in [0.4, 0.5) is 0 Å². The van der Waals surface area contributed by atoms with Crippen molar-refractivity contribution in [2.24, 2.45) is 5.92 Å². The Balaban J connectivity index is 1.30. The largest absolute Gasteiger partial charge is 0.340 e. The van der Waals surface area contributed by atoms with E-state index in [1.54, 1.807) is 24.3 Å². The fourth-order valence-electron chi connectivity index (χ4n) is 5.14. The van der Waals surface area contributed by atoms with E-state index in [1.165, 1.54) is 19.4 Å². The second-order valence-electron chi connectivity index (χ2n) is 9.02. The van der Waals surface area contributed by atoms with Crippen molar-refractivity contribution in [2.75, 3.05) is 59.4 Å². The van der Waals surface area contributed by atoms with Crippen LogP contribution >= 0.6 is 11.6 Å². The van der Waals surface area contributed by atoms with Gasteiger partial charge in [0, 0.05) is 62.4 Å². The maximum Gasteiger partial charge on any atom is 0.253 e. The molecule has 0 bridgehead atoms. The first kappa shape index (κ1) is 21.6. The number of carbonyl (C=O) groups is 2. The molecule has 3 heterocycles. The molecule has 0 aromatic heterocycles. The van der Waals surface area contributed by atoms with Crippen molar-refractivity contribution in [3.8, 4) is 0 Å². The normalized spacial score (nSPS) is 26.6. The highest BCUT2D eigenvalue weighted by atomic mass is 35.5. The Morgan fingerprint density at radius 1 is 0.867 bits per heavy atom. The number of piperazine rings is 1. The third-order valence-electron chi connectivity index (χ3n) is 6.89. The lowest BCUT2D eigenvalue weighted by atomic mass is 9.95. The van der Waals surface area contributed by atoms with Crippen LogP contribution in [0.5, 0.6) is 0 Å². The highest BCUT2D eigenvalue weighted by Crippen LogP contribution is 2.23. The molecule has 3 fully saturated rings. The van der Waals surface area contributed by atoms with Gasteiger partial charge in [0.15, 0.2) is 0 Å². The Morgan fingerprint density at radius 3 is 2.27 bits per heavy atom. The van der Waals surface area contributed by atoms with Gasteiger partial charge < -0.3 is 14.7 Å². The molecule has 7 heteroatoms. The SMILES string of the molecule is CN1CCCC(N2CCN(C(=O)C3CCCN(C(=O)c4ccc(Cl)cc4)C3)CC2)C1. The lowest BCUT2D eigenvalue weighted by molar-refractivity contribution is -0.139. The standard InChI is InChI=1S/C23H33ClN4O2/c1-25-10-3-5-21(17-25)26-12-14-27(15-13-26)23(30)19-4-2-11-28(16-19)22(29)18-6-8-20(24)9-7-18/h6-9,19,21H,2-5,10-17H2,1H3. The summed E-state index contributed by atoms with van der Waals surface area (Å²) in [5.41, 5.74) is 0.638. The second-order valence-corrected chi connectivity index (χ2v) is 9.45. The van der Waals surface area contributed by atoms with Gasteiger partial charge in [-0.3, -0.25) is 14.5 Å². The van der Waals surface area contributed by atoms with E-state index in [4.69, 9.17) is 11.6 Å². The van der Waals surface area contributed by atoms with Crippen LogP contribution in [0.15, 0.2) is 24.3 Å². The zero-order valence-electron chi connectivity index (χ0n) is 17.9. The number of nitrogens with zero attached hydrogens (tertiary/aromatic N) is 4. The van der Waals surface area contributed by atoms with Crippen LogP contribution in [0.25, 0.3) is 0 Å². The van der Waals surface area contributed by atoms with Crippen LogP contribution < -0.4 is 0 Å². The van der Waals surface area contributed by atoms with E-state index >= 15 is 0 Å². The van der Waals surface area contributed by atoms with Gasteiger partial charge in [-0.1, -0.05) is 11.6 Å². The van der Waals surface area contributed by atoms with E-state index in [1.807, 2.05) is 9.80 Å². The predicted molar refractivity (Wildman–Crippen MR) is 119 cm³/mol. The number of likely N-dealkylation sites (N-methyl/N-ethyl adjacent to an activating group) is 1. The molecule has 30 heavy (non-hydrogen) atoms. The van der Waals surface area contributed by atoms with Gasteiger partial charge >= 0.3 is 0 Å². The maximum atomic E-state index is 13.2. The van der Waals surface area contributed by atoms with Gasteiger partial charge in [0.05, 0.1) is 5.92 Å². The number of hydrogen-bond donors (Lipinski definition) is 0. The molecule has 3 aliphatic heterocycles. The number of piperidine rings is 2. The third-order valence-corrected chi connectivity index (χ3v) is 7.14. The quantitative estimate of drug-likeness (QED) is 0.736.